The molecule has 4 rings (SSSR count). The first-order valence-corrected chi connectivity index (χ1v) is 9.93. The van der Waals surface area contributed by atoms with E-state index in [2.05, 4.69) is 22.9 Å². The molecule has 2 aliphatic carbocycles. The minimum Gasteiger partial charge on any atom is -0.207 e. The Morgan fingerprint density at radius 2 is 1.79 bits per heavy atom. The molecule has 4 heteroatoms. The number of sulfonamides is 1. The predicted molar refractivity (Wildman–Crippen MR) is 96.0 cm³/mol. The lowest BCUT2D eigenvalue weighted by atomic mass is 9.86. The molecule has 0 spiro atoms. The lowest BCUT2D eigenvalue weighted by Crippen LogP contribution is -2.31. The largest absolute Gasteiger partial charge is 0.241 e. The van der Waals surface area contributed by atoms with Crippen molar-refractivity contribution in [1.29, 1.82) is 0 Å². The maximum absolute atomic E-state index is 12.9. The summed E-state index contributed by atoms with van der Waals surface area (Å²) in [6, 6.07) is 15.0. The Morgan fingerprint density at radius 1 is 1.04 bits per heavy atom. The van der Waals surface area contributed by atoms with Gasteiger partial charge in [0, 0.05) is 5.92 Å². The summed E-state index contributed by atoms with van der Waals surface area (Å²) in [5, 5.41) is 0. The third kappa shape index (κ3) is 2.60. The summed E-state index contributed by atoms with van der Waals surface area (Å²) in [5.74, 6) is 0.247. The Labute approximate surface area is 143 Å². The van der Waals surface area contributed by atoms with Crippen LogP contribution < -0.4 is 4.72 Å². The van der Waals surface area contributed by atoms with Gasteiger partial charge in [0.25, 0.3) is 0 Å². The molecule has 0 fully saturated rings. The fourth-order valence-corrected chi connectivity index (χ4v) is 5.16. The smallest absolute Gasteiger partial charge is 0.207 e. The molecule has 0 saturated heterocycles. The number of benzene rings is 2. The normalized spacial score (nSPS) is 22.6. The van der Waals surface area contributed by atoms with Crippen LogP contribution in [0.2, 0.25) is 0 Å². The van der Waals surface area contributed by atoms with E-state index in [1.165, 1.54) is 11.1 Å². The van der Waals surface area contributed by atoms with Crippen LogP contribution in [0.4, 0.5) is 0 Å². The number of allylic oxidation sites excluding steroid dienone is 1. The number of hydrogen-bond donors (Lipinski definition) is 1. The van der Waals surface area contributed by atoms with E-state index in [9.17, 15) is 8.42 Å². The minimum absolute atomic E-state index is 0.168. The molecular weight excluding hydrogens is 318 g/mol. The first-order valence-electron chi connectivity index (χ1n) is 8.44. The number of nitrogens with one attached hydrogen (secondary N) is 1. The molecule has 0 heterocycles. The second kappa shape index (κ2) is 5.87. The molecule has 0 saturated carbocycles. The van der Waals surface area contributed by atoms with Gasteiger partial charge in [0.1, 0.15) is 0 Å². The van der Waals surface area contributed by atoms with Gasteiger partial charge in [-0.2, -0.15) is 0 Å². The molecule has 24 heavy (non-hydrogen) atoms. The monoisotopic (exact) mass is 339 g/mol. The highest BCUT2D eigenvalue weighted by molar-refractivity contribution is 7.89. The Balaban J connectivity index is 1.72. The highest BCUT2D eigenvalue weighted by atomic mass is 32.2. The predicted octanol–water partition coefficient (Wildman–Crippen LogP) is 4.21. The van der Waals surface area contributed by atoms with Gasteiger partial charge >= 0.3 is 0 Å². The molecule has 0 aromatic heterocycles. The molecule has 2 aliphatic rings. The zero-order valence-electron chi connectivity index (χ0n) is 13.7. The Hall–Kier alpha value is -1.91. The van der Waals surface area contributed by atoms with Crippen molar-refractivity contribution in [1.82, 2.24) is 4.72 Å². The molecule has 3 nitrogen and oxygen atoms in total. The maximum atomic E-state index is 12.9. The van der Waals surface area contributed by atoms with Gasteiger partial charge in [0.05, 0.1) is 10.9 Å². The third-order valence-corrected chi connectivity index (χ3v) is 6.56. The van der Waals surface area contributed by atoms with E-state index in [4.69, 9.17) is 0 Å². The molecule has 1 N–H and O–H groups in total. The van der Waals surface area contributed by atoms with Crippen molar-refractivity contribution in [2.75, 3.05) is 0 Å². The van der Waals surface area contributed by atoms with Gasteiger partial charge in [0.2, 0.25) is 10.0 Å². The number of fused-ring (bicyclic) bond motifs is 3. The Kier molecular flexibility index (Phi) is 3.82. The third-order valence-electron chi connectivity index (χ3n) is 5.11. The summed E-state index contributed by atoms with van der Waals surface area (Å²) in [4.78, 5) is 0.332. The average molecular weight is 339 g/mol. The van der Waals surface area contributed by atoms with Crippen LogP contribution in [0.25, 0.3) is 5.57 Å². The average Bonchev–Trinajstić information content (AvgIpc) is 2.90. The second-order valence-electron chi connectivity index (χ2n) is 6.70. The van der Waals surface area contributed by atoms with E-state index >= 15 is 0 Å². The van der Waals surface area contributed by atoms with Crippen molar-refractivity contribution in [3.63, 3.8) is 0 Å². The summed E-state index contributed by atoms with van der Waals surface area (Å²) in [6.07, 6.45) is 5.51. The second-order valence-corrected chi connectivity index (χ2v) is 8.41. The van der Waals surface area contributed by atoms with Crippen LogP contribution >= 0.6 is 0 Å². The van der Waals surface area contributed by atoms with Gasteiger partial charge < -0.3 is 0 Å². The van der Waals surface area contributed by atoms with E-state index in [1.807, 2.05) is 31.2 Å². The zero-order chi connectivity index (χ0) is 16.7. The zero-order valence-corrected chi connectivity index (χ0v) is 14.5. The van der Waals surface area contributed by atoms with Crippen molar-refractivity contribution in [2.24, 2.45) is 5.92 Å². The van der Waals surface area contributed by atoms with Gasteiger partial charge in [-0.15, -0.1) is 0 Å². The van der Waals surface area contributed by atoms with Gasteiger partial charge in [-0.3, -0.25) is 0 Å². The van der Waals surface area contributed by atoms with E-state index < -0.39 is 10.0 Å². The quantitative estimate of drug-likeness (QED) is 0.910. The highest BCUT2D eigenvalue weighted by Gasteiger charge is 2.39. The number of aryl methyl sites for hydroxylation is 1. The van der Waals surface area contributed by atoms with Crippen LogP contribution in [0.15, 0.2) is 59.5 Å². The van der Waals surface area contributed by atoms with Crippen molar-refractivity contribution >= 4 is 15.6 Å². The van der Waals surface area contributed by atoms with Crippen LogP contribution in [-0.2, 0) is 10.0 Å². The molecule has 2 atom stereocenters. The molecule has 0 bridgehead atoms. The van der Waals surface area contributed by atoms with Gasteiger partial charge in [0.15, 0.2) is 0 Å². The van der Waals surface area contributed by atoms with E-state index in [-0.39, 0.29) is 12.0 Å². The van der Waals surface area contributed by atoms with Crippen LogP contribution in [0.5, 0.6) is 0 Å². The van der Waals surface area contributed by atoms with E-state index in [1.54, 1.807) is 12.1 Å². The first kappa shape index (κ1) is 15.6. The molecular formula is C20H21NO2S. The van der Waals surface area contributed by atoms with Crippen molar-refractivity contribution in [2.45, 2.75) is 37.1 Å². The van der Waals surface area contributed by atoms with Crippen LogP contribution in [0.3, 0.4) is 0 Å². The first-order chi connectivity index (χ1) is 11.6. The van der Waals surface area contributed by atoms with E-state index in [0.29, 0.717) is 4.90 Å². The topological polar surface area (TPSA) is 46.2 Å². The van der Waals surface area contributed by atoms with Crippen LogP contribution in [-0.4, -0.2) is 8.42 Å². The SMILES string of the molecule is Cc1ccc(S(=O)(=O)N[C@@H]2c3ccccc3C3=CCCCC32)cc1. The highest BCUT2D eigenvalue weighted by Crippen LogP contribution is 2.49. The molecule has 1 unspecified atom stereocenters. The molecule has 0 amide bonds. The summed E-state index contributed by atoms with van der Waals surface area (Å²) < 4.78 is 28.7. The van der Waals surface area contributed by atoms with Gasteiger partial charge in [-0.1, -0.05) is 48.0 Å². The van der Waals surface area contributed by atoms with Crippen molar-refractivity contribution < 1.29 is 8.42 Å². The van der Waals surface area contributed by atoms with Crippen molar-refractivity contribution in [3.8, 4) is 0 Å². The summed E-state index contributed by atoms with van der Waals surface area (Å²) >= 11 is 0. The standard InChI is InChI=1S/C20H21NO2S/c1-14-10-12-15(13-11-14)24(22,23)21-20-18-8-4-2-6-16(18)17-7-3-5-9-19(17)20/h2,4,6-8,10-13,19-21H,3,5,9H2,1H3/t19?,20-/m1/s1. The van der Waals surface area contributed by atoms with Crippen LogP contribution in [0.1, 0.15) is 42.0 Å². The molecule has 124 valence electrons. The number of hydrogen-bond acceptors (Lipinski definition) is 2. The maximum Gasteiger partial charge on any atom is 0.241 e. The summed E-state index contributed by atoms with van der Waals surface area (Å²) in [7, 11) is -3.53. The lowest BCUT2D eigenvalue weighted by molar-refractivity contribution is 0.454. The van der Waals surface area contributed by atoms with Crippen LogP contribution in [0, 0.1) is 12.8 Å². The molecule has 2 aromatic carbocycles. The van der Waals surface area contributed by atoms with Gasteiger partial charge in [-0.05, 0) is 55.0 Å². The minimum atomic E-state index is -3.53. The lowest BCUT2D eigenvalue weighted by Gasteiger charge is -2.25. The summed E-state index contributed by atoms with van der Waals surface area (Å²) in [5.41, 5.74) is 4.68. The number of rotatable bonds is 3. The van der Waals surface area contributed by atoms with Gasteiger partial charge in [-0.25, -0.2) is 13.1 Å². The fraction of sp³-hybridized carbons (Fsp3) is 0.300. The Bertz CT molecular complexity index is 897. The fourth-order valence-electron chi connectivity index (χ4n) is 3.90. The van der Waals surface area contributed by atoms with E-state index in [0.717, 1.165) is 30.4 Å². The summed E-state index contributed by atoms with van der Waals surface area (Å²) in [6.45, 7) is 1.95. The van der Waals surface area contributed by atoms with Crippen molar-refractivity contribution in [3.05, 3.63) is 71.3 Å². The molecule has 2 aromatic rings. The Morgan fingerprint density at radius 3 is 2.58 bits per heavy atom. The molecule has 0 radical (unpaired) electrons. The molecule has 0 aliphatic heterocycles.